The number of nitrogens with zero attached hydrogens (tertiary/aromatic N) is 2. The van der Waals surface area contributed by atoms with E-state index in [0.717, 1.165) is 9.78 Å². The lowest BCUT2D eigenvalue weighted by atomic mass is 10.0. The molecule has 0 aliphatic carbocycles. The Morgan fingerprint density at radius 1 is 1.20 bits per heavy atom. The van der Waals surface area contributed by atoms with E-state index in [2.05, 4.69) is 5.32 Å². The van der Waals surface area contributed by atoms with Crippen LogP contribution in [0.15, 0.2) is 51.9 Å². The molecule has 0 unspecified atom stereocenters. The number of pyridine rings is 1. The molecule has 0 saturated carbocycles. The molecule has 6 rings (SSSR count). The maximum absolute atomic E-state index is 13.2. The van der Waals surface area contributed by atoms with Crippen molar-refractivity contribution in [3.8, 4) is 11.5 Å². The highest BCUT2D eigenvalue weighted by atomic mass is 32.2. The highest BCUT2D eigenvalue weighted by molar-refractivity contribution is 8.00. The summed E-state index contributed by atoms with van der Waals surface area (Å²) in [5.74, 6) is -2.11. The number of benzene rings is 1. The summed E-state index contributed by atoms with van der Waals surface area (Å²) in [5.41, 5.74) is -0.281. The zero-order valence-corrected chi connectivity index (χ0v) is 23.2. The van der Waals surface area contributed by atoms with E-state index in [1.165, 1.54) is 35.4 Å². The number of hydrogen-bond donors (Lipinski definition) is 2. The van der Waals surface area contributed by atoms with Gasteiger partial charge in [-0.3, -0.25) is 19.3 Å². The van der Waals surface area contributed by atoms with E-state index in [4.69, 9.17) is 14.2 Å². The van der Waals surface area contributed by atoms with Gasteiger partial charge in [0.05, 0.1) is 17.3 Å². The Kier molecular flexibility index (Phi) is 6.95. The maximum Gasteiger partial charge on any atom is 0.352 e. The number of hydrogen-bond acceptors (Lipinski definition) is 10. The number of aliphatic carboxylic acids is 1. The Morgan fingerprint density at radius 2 is 1.98 bits per heavy atom. The number of carbonyl (C=O) groups is 4. The summed E-state index contributed by atoms with van der Waals surface area (Å²) in [6.45, 7) is 1.91. The number of carboxylic acid groups (broad SMARTS) is 1. The molecule has 41 heavy (non-hydrogen) atoms. The van der Waals surface area contributed by atoms with Gasteiger partial charge in [0.1, 0.15) is 29.3 Å². The van der Waals surface area contributed by atoms with Gasteiger partial charge in [0, 0.05) is 35.0 Å². The summed E-state index contributed by atoms with van der Waals surface area (Å²) in [6.07, 6.45) is 1.52. The van der Waals surface area contributed by atoms with Crippen LogP contribution < -0.4 is 20.2 Å². The van der Waals surface area contributed by atoms with Gasteiger partial charge in [-0.25, -0.2) is 9.59 Å². The van der Waals surface area contributed by atoms with Gasteiger partial charge in [0.2, 0.25) is 18.1 Å². The molecule has 3 aromatic rings. The average molecular weight is 598 g/mol. The number of aryl methyl sites for hydroxylation is 1. The van der Waals surface area contributed by atoms with Crippen LogP contribution in [0.2, 0.25) is 0 Å². The lowest BCUT2D eigenvalue weighted by Crippen LogP contribution is -2.70. The van der Waals surface area contributed by atoms with E-state index < -0.39 is 41.3 Å². The largest absolute Gasteiger partial charge is 0.477 e. The zero-order chi connectivity index (χ0) is 28.8. The number of fused-ring (bicyclic) bond motifs is 3. The van der Waals surface area contributed by atoms with Crippen molar-refractivity contribution in [1.82, 2.24) is 14.8 Å². The Labute approximate surface area is 240 Å². The van der Waals surface area contributed by atoms with Crippen LogP contribution in [0.5, 0.6) is 11.5 Å². The summed E-state index contributed by atoms with van der Waals surface area (Å²) in [4.78, 5) is 65.7. The number of rotatable bonds is 8. The molecule has 2 N–H and O–H groups in total. The minimum Gasteiger partial charge on any atom is -0.477 e. The van der Waals surface area contributed by atoms with Gasteiger partial charge in [-0.2, -0.15) is 0 Å². The molecule has 2 atom stereocenters. The summed E-state index contributed by atoms with van der Waals surface area (Å²) in [5, 5.41) is 14.1. The average Bonchev–Trinajstić information content (AvgIpc) is 3.65. The third-order valence-corrected chi connectivity index (χ3v) is 9.21. The minimum atomic E-state index is -1.35. The molecular formula is C27H23N3O9S2. The summed E-state index contributed by atoms with van der Waals surface area (Å²) in [7, 11) is 0. The first kappa shape index (κ1) is 26.9. The van der Waals surface area contributed by atoms with Crippen molar-refractivity contribution in [2.45, 2.75) is 31.3 Å². The van der Waals surface area contributed by atoms with Crippen LogP contribution in [0.4, 0.5) is 0 Å². The number of β-lactam (4-membered cyclic amide) rings is 1. The van der Waals surface area contributed by atoms with Gasteiger partial charge in [-0.15, -0.1) is 23.1 Å². The summed E-state index contributed by atoms with van der Waals surface area (Å²) >= 11 is 2.69. The smallest absolute Gasteiger partial charge is 0.352 e. The Bertz CT molecular complexity index is 1700. The summed E-state index contributed by atoms with van der Waals surface area (Å²) < 4.78 is 17.9. The van der Waals surface area contributed by atoms with Crippen LogP contribution in [0.25, 0.3) is 10.9 Å². The van der Waals surface area contributed by atoms with Crippen LogP contribution in [0.1, 0.15) is 22.2 Å². The van der Waals surface area contributed by atoms with Gasteiger partial charge in [-0.05, 0) is 24.4 Å². The van der Waals surface area contributed by atoms with Crippen LogP contribution in [0, 0.1) is 0 Å². The van der Waals surface area contributed by atoms with Crippen molar-refractivity contribution in [1.29, 1.82) is 0 Å². The molecular weight excluding hydrogens is 574 g/mol. The number of nitrogens with one attached hydrogen (secondary N) is 1. The third kappa shape index (κ3) is 4.72. The molecule has 1 saturated heterocycles. The van der Waals surface area contributed by atoms with E-state index in [1.807, 2.05) is 24.4 Å². The van der Waals surface area contributed by atoms with Gasteiger partial charge in [-0.1, -0.05) is 6.07 Å². The second-order valence-electron chi connectivity index (χ2n) is 9.43. The van der Waals surface area contributed by atoms with Gasteiger partial charge in [0.15, 0.2) is 11.5 Å². The minimum absolute atomic E-state index is 0.0303. The molecule has 12 nitrogen and oxygen atoms in total. The molecule has 0 spiro atoms. The predicted molar refractivity (Wildman–Crippen MR) is 148 cm³/mol. The molecule has 0 radical (unpaired) electrons. The van der Waals surface area contributed by atoms with Crippen LogP contribution in [-0.4, -0.2) is 68.9 Å². The molecule has 2 amide bonds. The Balaban J connectivity index is 1.19. The molecule has 212 valence electrons. The van der Waals surface area contributed by atoms with E-state index in [0.29, 0.717) is 23.6 Å². The number of ether oxygens (including phenoxy) is 3. The Morgan fingerprint density at radius 3 is 2.68 bits per heavy atom. The number of thiophene rings is 1. The first-order valence-corrected chi connectivity index (χ1v) is 14.5. The van der Waals surface area contributed by atoms with Crippen molar-refractivity contribution in [3.63, 3.8) is 0 Å². The molecule has 14 heteroatoms. The standard InChI is InChI=1S/C27H23N3O9S2/c1-2-29-9-16(23(32)15-7-18-19(8-17(15)29)39-12-38-18)27(36)37-10-13-11-41-25-21(24(33)30(25)22(13)26(34)35)28-20(31)6-14-4-3-5-40-14/h3-5,7-9,21,25H,2,6,10-12H2,1H3,(H,28,31)(H,34,35)/t21-,25-/m1/s1. The topological polar surface area (TPSA) is 153 Å². The molecule has 0 bridgehead atoms. The zero-order valence-electron chi connectivity index (χ0n) is 21.6. The highest BCUT2D eigenvalue weighted by Crippen LogP contribution is 2.40. The second-order valence-corrected chi connectivity index (χ2v) is 11.6. The molecule has 1 aromatic carbocycles. The van der Waals surface area contributed by atoms with Crippen molar-refractivity contribution in [3.05, 3.63) is 67.8 Å². The summed E-state index contributed by atoms with van der Waals surface area (Å²) in [6, 6.07) is 5.99. The van der Waals surface area contributed by atoms with Gasteiger partial charge < -0.3 is 29.2 Å². The third-order valence-electron chi connectivity index (χ3n) is 6.99. The molecule has 2 aromatic heterocycles. The van der Waals surface area contributed by atoms with Crippen LogP contribution in [0.3, 0.4) is 0 Å². The quantitative estimate of drug-likeness (QED) is 0.291. The van der Waals surface area contributed by atoms with Gasteiger partial charge in [0.25, 0.3) is 5.91 Å². The maximum atomic E-state index is 13.2. The normalized spacial score (nSPS) is 19.1. The molecule has 1 fully saturated rings. The Hall–Kier alpha value is -4.30. The van der Waals surface area contributed by atoms with Crippen molar-refractivity contribution < 1.29 is 38.5 Å². The molecule has 3 aliphatic rings. The van der Waals surface area contributed by atoms with Crippen molar-refractivity contribution >= 4 is 57.8 Å². The lowest BCUT2D eigenvalue weighted by molar-refractivity contribution is -0.150. The molecule has 5 heterocycles. The van der Waals surface area contributed by atoms with E-state index in [-0.39, 0.29) is 47.1 Å². The monoisotopic (exact) mass is 597 g/mol. The fraction of sp³-hybridized carbons (Fsp3) is 0.296. The number of carboxylic acids is 1. The first-order valence-electron chi connectivity index (χ1n) is 12.6. The van der Waals surface area contributed by atoms with E-state index in [9.17, 15) is 29.1 Å². The SMILES string of the molecule is CCn1cc(C(=O)OCC2=C(C(=O)O)N3C(=O)[C@@H](NC(=O)Cc4cccs4)[C@H]3SC2)c(=O)c2cc3c(cc21)OCO3. The predicted octanol–water partition coefficient (Wildman–Crippen LogP) is 1.95. The molecule has 3 aliphatic heterocycles. The fourth-order valence-corrected chi connectivity index (χ4v) is 7.04. The van der Waals surface area contributed by atoms with Crippen LogP contribution >= 0.6 is 23.1 Å². The number of carbonyl (C=O) groups excluding carboxylic acids is 3. The van der Waals surface area contributed by atoms with Crippen molar-refractivity contribution in [2.24, 2.45) is 0 Å². The van der Waals surface area contributed by atoms with E-state index >= 15 is 0 Å². The number of esters is 1. The van der Waals surface area contributed by atoms with Gasteiger partial charge >= 0.3 is 11.9 Å². The van der Waals surface area contributed by atoms with Crippen LogP contribution in [-0.2, 0) is 32.1 Å². The lowest BCUT2D eigenvalue weighted by Gasteiger charge is -2.49. The number of amides is 2. The van der Waals surface area contributed by atoms with E-state index in [1.54, 1.807) is 10.6 Å². The highest BCUT2D eigenvalue weighted by Gasteiger charge is 2.54. The van der Waals surface area contributed by atoms with Crippen molar-refractivity contribution in [2.75, 3.05) is 19.2 Å². The first-order chi connectivity index (χ1) is 19.8. The number of aromatic nitrogens is 1. The second kappa shape index (κ2) is 10.6. The number of thioether (sulfide) groups is 1. The fourth-order valence-electron chi connectivity index (χ4n) is 5.01.